The van der Waals surface area contributed by atoms with E-state index in [4.69, 9.17) is 5.73 Å². The zero-order valence-corrected chi connectivity index (χ0v) is 12.8. The molecule has 3 rings (SSSR count). The first-order chi connectivity index (χ1) is 10.2. The van der Waals surface area contributed by atoms with E-state index in [0.717, 1.165) is 29.0 Å². The summed E-state index contributed by atoms with van der Waals surface area (Å²) in [6.07, 6.45) is 4.00. The summed E-state index contributed by atoms with van der Waals surface area (Å²) in [5.41, 5.74) is 7.50. The van der Waals surface area contributed by atoms with Crippen molar-refractivity contribution in [2.45, 2.75) is 25.8 Å². The Morgan fingerprint density at radius 3 is 2.76 bits per heavy atom. The fraction of sp³-hybridized carbons (Fsp3) is 0.500. The van der Waals surface area contributed by atoms with Crippen LogP contribution in [0.25, 0.3) is 10.9 Å². The highest BCUT2D eigenvalue weighted by Crippen LogP contribution is 2.27. The quantitative estimate of drug-likeness (QED) is 0.876. The summed E-state index contributed by atoms with van der Waals surface area (Å²) in [5, 5.41) is 1.08. The smallest absolute Gasteiger partial charge is 0.139 e. The second-order valence-corrected chi connectivity index (χ2v) is 5.75. The fourth-order valence-corrected chi connectivity index (χ4v) is 3.14. The highest BCUT2D eigenvalue weighted by molar-refractivity contribution is 5.91. The molecule has 0 spiro atoms. The normalized spacial score (nSPS) is 17.2. The molecular weight excluding hydrogens is 262 g/mol. The molecule has 2 aromatic rings. The van der Waals surface area contributed by atoms with E-state index in [2.05, 4.69) is 33.7 Å². The van der Waals surface area contributed by atoms with Crippen LogP contribution in [0.1, 0.15) is 19.8 Å². The van der Waals surface area contributed by atoms with Gasteiger partial charge in [-0.05, 0) is 37.6 Å². The lowest BCUT2D eigenvalue weighted by Gasteiger charge is -2.37. The van der Waals surface area contributed by atoms with Crippen LogP contribution in [0.5, 0.6) is 0 Å². The molecule has 0 radical (unpaired) electrons. The predicted octanol–water partition coefficient (Wildman–Crippen LogP) is 2.13. The number of anilines is 2. The first kappa shape index (κ1) is 14.1. The van der Waals surface area contributed by atoms with E-state index in [1.165, 1.54) is 25.9 Å². The van der Waals surface area contributed by atoms with Crippen LogP contribution in [-0.4, -0.2) is 47.6 Å². The number of nitrogens with two attached hydrogens (primary N) is 1. The van der Waals surface area contributed by atoms with Gasteiger partial charge in [0.2, 0.25) is 0 Å². The van der Waals surface area contributed by atoms with E-state index >= 15 is 0 Å². The summed E-state index contributed by atoms with van der Waals surface area (Å²) in [4.78, 5) is 13.7. The van der Waals surface area contributed by atoms with Gasteiger partial charge >= 0.3 is 0 Å². The van der Waals surface area contributed by atoms with Crippen LogP contribution in [0, 0.1) is 0 Å². The Bertz CT molecular complexity index is 619. The number of rotatable bonds is 3. The molecule has 112 valence electrons. The molecule has 1 aromatic carbocycles. The average Bonchev–Trinajstić information content (AvgIpc) is 2.53. The van der Waals surface area contributed by atoms with Crippen molar-refractivity contribution in [3.05, 3.63) is 24.5 Å². The maximum absolute atomic E-state index is 5.84. The van der Waals surface area contributed by atoms with E-state index < -0.39 is 0 Å². The molecule has 0 aliphatic carbocycles. The Hall–Kier alpha value is -1.88. The van der Waals surface area contributed by atoms with Gasteiger partial charge in [-0.25, -0.2) is 9.97 Å². The molecule has 2 heterocycles. The van der Waals surface area contributed by atoms with E-state index in [9.17, 15) is 0 Å². The van der Waals surface area contributed by atoms with Crippen molar-refractivity contribution in [1.82, 2.24) is 14.9 Å². The Balaban J connectivity index is 1.86. The maximum Gasteiger partial charge on any atom is 0.139 e. The number of fused-ring (bicyclic) bond motifs is 1. The van der Waals surface area contributed by atoms with Gasteiger partial charge in [0.25, 0.3) is 0 Å². The summed E-state index contributed by atoms with van der Waals surface area (Å²) in [5.74, 6) is 1.01. The minimum atomic E-state index is 0.545. The predicted molar refractivity (Wildman–Crippen MR) is 87.5 cm³/mol. The molecule has 1 aromatic heterocycles. The van der Waals surface area contributed by atoms with Gasteiger partial charge in [0, 0.05) is 37.3 Å². The number of benzene rings is 1. The molecule has 21 heavy (non-hydrogen) atoms. The van der Waals surface area contributed by atoms with Crippen LogP contribution in [0.2, 0.25) is 0 Å². The summed E-state index contributed by atoms with van der Waals surface area (Å²) in [6.45, 7) is 5.71. The van der Waals surface area contributed by atoms with Crippen LogP contribution in [0.3, 0.4) is 0 Å². The van der Waals surface area contributed by atoms with Crippen molar-refractivity contribution in [2.24, 2.45) is 0 Å². The van der Waals surface area contributed by atoms with Crippen LogP contribution in [0.15, 0.2) is 24.5 Å². The summed E-state index contributed by atoms with van der Waals surface area (Å²) in [7, 11) is 2.14. The maximum atomic E-state index is 5.84. The number of nitrogen functional groups attached to an aromatic ring is 1. The zero-order chi connectivity index (χ0) is 14.8. The summed E-state index contributed by atoms with van der Waals surface area (Å²) < 4.78 is 0. The number of nitrogens with zero attached hydrogens (tertiary/aromatic N) is 4. The Kier molecular flexibility index (Phi) is 3.92. The second-order valence-electron chi connectivity index (χ2n) is 5.75. The molecule has 0 atom stereocenters. The van der Waals surface area contributed by atoms with Crippen LogP contribution in [-0.2, 0) is 0 Å². The molecule has 0 unspecified atom stereocenters. The lowest BCUT2D eigenvalue weighted by molar-refractivity contribution is 0.220. The lowest BCUT2D eigenvalue weighted by atomic mass is 10.0. The Morgan fingerprint density at radius 2 is 2.05 bits per heavy atom. The van der Waals surface area contributed by atoms with Gasteiger partial charge < -0.3 is 15.5 Å². The van der Waals surface area contributed by atoms with Gasteiger partial charge in [0.15, 0.2) is 0 Å². The van der Waals surface area contributed by atoms with Gasteiger partial charge in [-0.1, -0.05) is 6.92 Å². The minimum Gasteiger partial charge on any atom is -0.399 e. The van der Waals surface area contributed by atoms with Crippen LogP contribution in [0.4, 0.5) is 11.5 Å². The molecule has 1 aliphatic heterocycles. The molecular formula is C16H23N5. The van der Waals surface area contributed by atoms with Crippen molar-refractivity contribution in [3.8, 4) is 0 Å². The van der Waals surface area contributed by atoms with Gasteiger partial charge in [0.05, 0.1) is 5.52 Å². The first-order valence-electron chi connectivity index (χ1n) is 7.64. The van der Waals surface area contributed by atoms with E-state index in [0.29, 0.717) is 6.04 Å². The van der Waals surface area contributed by atoms with Gasteiger partial charge in [-0.3, -0.25) is 0 Å². The highest BCUT2D eigenvalue weighted by atomic mass is 15.2. The van der Waals surface area contributed by atoms with Gasteiger partial charge in [0.1, 0.15) is 12.1 Å². The molecule has 0 saturated carbocycles. The van der Waals surface area contributed by atoms with Crippen molar-refractivity contribution in [3.63, 3.8) is 0 Å². The topological polar surface area (TPSA) is 58.3 Å². The largest absolute Gasteiger partial charge is 0.399 e. The standard InChI is InChI=1S/C16H23N5/c1-3-21-8-6-13(7-9-21)20(2)16-14-5-4-12(17)10-15(14)18-11-19-16/h4-5,10-11,13H,3,6-9,17H2,1-2H3. The molecule has 0 amide bonds. The molecule has 1 fully saturated rings. The number of hydrogen-bond donors (Lipinski definition) is 1. The van der Waals surface area contributed by atoms with Crippen LogP contribution < -0.4 is 10.6 Å². The van der Waals surface area contributed by atoms with E-state index in [-0.39, 0.29) is 0 Å². The number of piperidine rings is 1. The monoisotopic (exact) mass is 285 g/mol. The minimum absolute atomic E-state index is 0.545. The van der Waals surface area contributed by atoms with Gasteiger partial charge in [-0.2, -0.15) is 0 Å². The molecule has 1 aliphatic rings. The third kappa shape index (κ3) is 2.78. The van der Waals surface area contributed by atoms with Crippen molar-refractivity contribution >= 4 is 22.4 Å². The fourth-order valence-electron chi connectivity index (χ4n) is 3.14. The average molecular weight is 285 g/mol. The van der Waals surface area contributed by atoms with E-state index in [1.807, 2.05) is 18.2 Å². The van der Waals surface area contributed by atoms with Crippen molar-refractivity contribution in [1.29, 1.82) is 0 Å². The zero-order valence-electron chi connectivity index (χ0n) is 12.8. The number of hydrogen-bond acceptors (Lipinski definition) is 5. The number of aromatic nitrogens is 2. The highest BCUT2D eigenvalue weighted by Gasteiger charge is 2.23. The Labute approximate surface area is 125 Å². The summed E-state index contributed by atoms with van der Waals surface area (Å²) >= 11 is 0. The van der Waals surface area contributed by atoms with Crippen molar-refractivity contribution in [2.75, 3.05) is 37.3 Å². The van der Waals surface area contributed by atoms with E-state index in [1.54, 1.807) is 6.33 Å². The van der Waals surface area contributed by atoms with Gasteiger partial charge in [-0.15, -0.1) is 0 Å². The second kappa shape index (κ2) is 5.85. The molecule has 5 heteroatoms. The lowest BCUT2D eigenvalue weighted by Crippen LogP contribution is -2.43. The molecule has 2 N–H and O–H groups in total. The summed E-state index contributed by atoms with van der Waals surface area (Å²) in [6, 6.07) is 6.40. The molecule has 1 saturated heterocycles. The Morgan fingerprint density at radius 1 is 1.29 bits per heavy atom. The molecule has 5 nitrogen and oxygen atoms in total. The SMILES string of the molecule is CCN1CCC(N(C)c2ncnc3cc(N)ccc23)CC1. The molecule has 0 bridgehead atoms. The number of likely N-dealkylation sites (tertiary alicyclic amines) is 1. The first-order valence-corrected chi connectivity index (χ1v) is 7.64. The third-order valence-electron chi connectivity index (χ3n) is 4.53. The van der Waals surface area contributed by atoms with Crippen LogP contribution >= 0.6 is 0 Å². The van der Waals surface area contributed by atoms with Crippen molar-refractivity contribution < 1.29 is 0 Å². The third-order valence-corrected chi connectivity index (χ3v) is 4.53.